The van der Waals surface area contributed by atoms with Crippen LogP contribution in [0, 0.1) is 0 Å². The molecule has 1 N–H and O–H groups in total. The van der Waals surface area contributed by atoms with Gasteiger partial charge in [0, 0.05) is 44.0 Å². The number of carbonyl (C=O) groups is 2. The standard InChI is InChI=1S/C18H27N3O3/c1-4-20(3)16-10-8-14(9-11-16)17(22)21-12-6-7-15(13-21)19-18(23)24-5-2/h8-11,15H,4-7,12-13H2,1-3H3,(H,19,23). The highest BCUT2D eigenvalue weighted by molar-refractivity contribution is 5.94. The predicted octanol–water partition coefficient (Wildman–Crippen LogP) is 2.49. The van der Waals surface area contributed by atoms with Gasteiger partial charge in [0.1, 0.15) is 0 Å². The average Bonchev–Trinajstić information content (AvgIpc) is 2.61. The number of carbonyl (C=O) groups excluding carboxylic acids is 2. The Labute approximate surface area is 143 Å². The van der Waals surface area contributed by atoms with E-state index in [0.717, 1.165) is 31.6 Å². The van der Waals surface area contributed by atoms with Gasteiger partial charge in [0.25, 0.3) is 5.91 Å². The number of rotatable bonds is 5. The molecule has 1 aliphatic rings. The van der Waals surface area contributed by atoms with E-state index >= 15 is 0 Å². The molecule has 1 saturated heterocycles. The second kappa shape index (κ2) is 8.57. The Morgan fingerprint density at radius 2 is 2.00 bits per heavy atom. The van der Waals surface area contributed by atoms with Gasteiger partial charge in [0.15, 0.2) is 0 Å². The summed E-state index contributed by atoms with van der Waals surface area (Å²) < 4.78 is 4.91. The third-order valence-corrected chi connectivity index (χ3v) is 4.34. The number of amides is 2. The fourth-order valence-corrected chi connectivity index (χ4v) is 2.84. The maximum absolute atomic E-state index is 12.7. The molecule has 1 aliphatic heterocycles. The number of hydrogen-bond donors (Lipinski definition) is 1. The zero-order chi connectivity index (χ0) is 17.5. The van der Waals surface area contributed by atoms with E-state index in [4.69, 9.17) is 4.74 Å². The van der Waals surface area contributed by atoms with Crippen LogP contribution in [0.15, 0.2) is 24.3 Å². The Balaban J connectivity index is 1.97. The van der Waals surface area contributed by atoms with Crippen LogP contribution in [-0.2, 0) is 4.74 Å². The van der Waals surface area contributed by atoms with Crippen molar-refractivity contribution < 1.29 is 14.3 Å². The van der Waals surface area contributed by atoms with Crippen LogP contribution >= 0.6 is 0 Å². The van der Waals surface area contributed by atoms with Crippen molar-refractivity contribution in [1.29, 1.82) is 0 Å². The summed E-state index contributed by atoms with van der Waals surface area (Å²) in [6.45, 7) is 6.37. The molecule has 2 amide bonds. The van der Waals surface area contributed by atoms with Crippen LogP contribution in [-0.4, -0.2) is 56.2 Å². The van der Waals surface area contributed by atoms with Crippen LogP contribution in [0.1, 0.15) is 37.0 Å². The molecular weight excluding hydrogens is 306 g/mol. The first-order valence-corrected chi connectivity index (χ1v) is 8.58. The first-order valence-electron chi connectivity index (χ1n) is 8.58. The SMILES string of the molecule is CCOC(=O)NC1CCCN(C(=O)c2ccc(N(C)CC)cc2)C1. The lowest BCUT2D eigenvalue weighted by atomic mass is 10.0. The summed E-state index contributed by atoms with van der Waals surface area (Å²) in [6, 6.07) is 7.62. The number of nitrogens with one attached hydrogen (secondary N) is 1. The third-order valence-electron chi connectivity index (χ3n) is 4.34. The Bertz CT molecular complexity index is 559. The molecule has 24 heavy (non-hydrogen) atoms. The number of anilines is 1. The van der Waals surface area contributed by atoms with E-state index in [1.165, 1.54) is 0 Å². The Morgan fingerprint density at radius 1 is 1.29 bits per heavy atom. The zero-order valence-corrected chi connectivity index (χ0v) is 14.7. The fraction of sp³-hybridized carbons (Fsp3) is 0.556. The molecule has 0 aliphatic carbocycles. The summed E-state index contributed by atoms with van der Waals surface area (Å²) in [5.74, 6) is 0.0102. The van der Waals surface area contributed by atoms with Gasteiger partial charge >= 0.3 is 6.09 Å². The molecule has 6 nitrogen and oxygen atoms in total. The van der Waals surface area contributed by atoms with Crippen molar-refractivity contribution in [3.05, 3.63) is 29.8 Å². The number of nitrogens with zero attached hydrogens (tertiary/aromatic N) is 2. The van der Waals surface area contributed by atoms with Gasteiger partial charge in [-0.3, -0.25) is 4.79 Å². The third kappa shape index (κ3) is 4.63. The lowest BCUT2D eigenvalue weighted by molar-refractivity contribution is 0.0686. The number of piperidine rings is 1. The van der Waals surface area contributed by atoms with Crippen molar-refractivity contribution in [3.63, 3.8) is 0 Å². The monoisotopic (exact) mass is 333 g/mol. The summed E-state index contributed by atoms with van der Waals surface area (Å²) in [7, 11) is 2.02. The molecule has 0 saturated carbocycles. The summed E-state index contributed by atoms with van der Waals surface area (Å²) in [5.41, 5.74) is 1.77. The van der Waals surface area contributed by atoms with Crippen molar-refractivity contribution >= 4 is 17.7 Å². The largest absolute Gasteiger partial charge is 0.450 e. The van der Waals surface area contributed by atoms with Gasteiger partial charge in [0.05, 0.1) is 6.61 Å². The van der Waals surface area contributed by atoms with Crippen LogP contribution in [0.5, 0.6) is 0 Å². The van der Waals surface area contributed by atoms with E-state index in [9.17, 15) is 9.59 Å². The van der Waals surface area contributed by atoms with E-state index in [-0.39, 0.29) is 11.9 Å². The van der Waals surface area contributed by atoms with Crippen molar-refractivity contribution in [2.75, 3.05) is 38.2 Å². The number of ether oxygens (including phenoxy) is 1. The minimum Gasteiger partial charge on any atom is -0.450 e. The van der Waals surface area contributed by atoms with E-state index in [2.05, 4.69) is 17.1 Å². The van der Waals surface area contributed by atoms with Gasteiger partial charge < -0.3 is 19.9 Å². The highest BCUT2D eigenvalue weighted by atomic mass is 16.5. The summed E-state index contributed by atoms with van der Waals surface area (Å²) in [6.07, 6.45) is 1.33. The predicted molar refractivity (Wildman–Crippen MR) is 94.5 cm³/mol. The molecule has 132 valence electrons. The Hall–Kier alpha value is -2.24. The van der Waals surface area contributed by atoms with Gasteiger partial charge in [-0.15, -0.1) is 0 Å². The van der Waals surface area contributed by atoms with Gasteiger partial charge in [-0.1, -0.05) is 0 Å². The molecule has 6 heteroatoms. The molecule has 0 radical (unpaired) electrons. The minimum atomic E-state index is -0.413. The highest BCUT2D eigenvalue weighted by Gasteiger charge is 2.25. The molecule has 0 aromatic heterocycles. The average molecular weight is 333 g/mol. The second-order valence-corrected chi connectivity index (χ2v) is 6.02. The molecule has 0 bridgehead atoms. The minimum absolute atomic E-state index is 0.0102. The van der Waals surface area contributed by atoms with Crippen LogP contribution in [0.4, 0.5) is 10.5 Å². The summed E-state index contributed by atoms with van der Waals surface area (Å²) >= 11 is 0. The van der Waals surface area contributed by atoms with Gasteiger partial charge in [0.2, 0.25) is 0 Å². The molecule has 1 aromatic carbocycles. The van der Waals surface area contributed by atoms with Crippen molar-refractivity contribution in [2.45, 2.75) is 32.7 Å². The second-order valence-electron chi connectivity index (χ2n) is 6.02. The zero-order valence-electron chi connectivity index (χ0n) is 14.7. The summed E-state index contributed by atoms with van der Waals surface area (Å²) in [5, 5.41) is 2.83. The van der Waals surface area contributed by atoms with Crippen molar-refractivity contribution in [3.8, 4) is 0 Å². The first kappa shape index (κ1) is 18.1. The highest BCUT2D eigenvalue weighted by Crippen LogP contribution is 2.17. The number of hydrogen-bond acceptors (Lipinski definition) is 4. The maximum atomic E-state index is 12.7. The molecule has 1 fully saturated rings. The van der Waals surface area contributed by atoms with Crippen LogP contribution in [0.2, 0.25) is 0 Å². The van der Waals surface area contributed by atoms with Crippen LogP contribution in [0.3, 0.4) is 0 Å². The van der Waals surface area contributed by atoms with Gasteiger partial charge in [-0.25, -0.2) is 4.79 Å². The topological polar surface area (TPSA) is 61.9 Å². The van der Waals surface area contributed by atoms with E-state index in [0.29, 0.717) is 18.7 Å². The molecule has 1 heterocycles. The lowest BCUT2D eigenvalue weighted by Gasteiger charge is -2.33. The lowest BCUT2D eigenvalue weighted by Crippen LogP contribution is -2.49. The quantitative estimate of drug-likeness (QED) is 0.899. The molecule has 1 atom stereocenters. The van der Waals surface area contributed by atoms with E-state index < -0.39 is 6.09 Å². The maximum Gasteiger partial charge on any atom is 0.407 e. The normalized spacial score (nSPS) is 17.3. The molecule has 0 spiro atoms. The number of benzene rings is 1. The molecular formula is C18H27N3O3. The Kier molecular flexibility index (Phi) is 6.46. The summed E-state index contributed by atoms with van der Waals surface area (Å²) in [4.78, 5) is 28.1. The fourth-order valence-electron chi connectivity index (χ4n) is 2.84. The first-order chi connectivity index (χ1) is 11.5. The van der Waals surface area contributed by atoms with Crippen LogP contribution in [0.25, 0.3) is 0 Å². The van der Waals surface area contributed by atoms with Gasteiger partial charge in [-0.05, 0) is 51.0 Å². The van der Waals surface area contributed by atoms with Crippen molar-refractivity contribution in [1.82, 2.24) is 10.2 Å². The Morgan fingerprint density at radius 3 is 2.62 bits per heavy atom. The molecule has 1 unspecified atom stereocenters. The molecule has 2 rings (SSSR count). The number of alkyl carbamates (subject to hydrolysis) is 1. The van der Waals surface area contributed by atoms with Gasteiger partial charge in [-0.2, -0.15) is 0 Å². The smallest absolute Gasteiger partial charge is 0.407 e. The van der Waals surface area contributed by atoms with E-state index in [1.807, 2.05) is 31.3 Å². The van der Waals surface area contributed by atoms with Crippen molar-refractivity contribution in [2.24, 2.45) is 0 Å². The van der Waals surface area contributed by atoms with E-state index in [1.54, 1.807) is 11.8 Å². The van der Waals surface area contributed by atoms with Crippen LogP contribution < -0.4 is 10.2 Å². The number of likely N-dealkylation sites (tertiary alicyclic amines) is 1. The molecule has 1 aromatic rings.